The molecule has 0 aliphatic rings. The topological polar surface area (TPSA) is 29.9 Å². The molecule has 1 aromatic carbocycles. The highest BCUT2D eigenvalue weighted by Gasteiger charge is 2.08. The van der Waals surface area contributed by atoms with Gasteiger partial charge in [0.05, 0.1) is 5.69 Å². The summed E-state index contributed by atoms with van der Waals surface area (Å²) < 4.78 is 1.89. The Bertz CT molecular complexity index is 488. The molecule has 1 unspecified atom stereocenters. The molecule has 2 aromatic rings. The van der Waals surface area contributed by atoms with Crippen molar-refractivity contribution in [2.45, 2.75) is 32.9 Å². The summed E-state index contributed by atoms with van der Waals surface area (Å²) in [5.74, 6) is 0. The first-order chi connectivity index (χ1) is 8.70. The summed E-state index contributed by atoms with van der Waals surface area (Å²) in [6.45, 7) is 5.21. The van der Waals surface area contributed by atoms with Crippen molar-refractivity contribution in [1.29, 1.82) is 0 Å². The fourth-order valence-electron chi connectivity index (χ4n) is 2.15. The van der Waals surface area contributed by atoms with Crippen LogP contribution in [0.3, 0.4) is 0 Å². The normalized spacial score (nSPS) is 12.6. The maximum absolute atomic E-state index is 4.46. The Morgan fingerprint density at radius 2 is 2.00 bits per heavy atom. The lowest BCUT2D eigenvalue weighted by molar-refractivity contribution is 0.572. The molecular formula is C15H21N3. The molecule has 1 atom stereocenters. The van der Waals surface area contributed by atoms with Crippen LogP contribution in [-0.2, 0) is 20.0 Å². The highest BCUT2D eigenvalue weighted by molar-refractivity contribution is 5.20. The van der Waals surface area contributed by atoms with Gasteiger partial charge >= 0.3 is 0 Å². The van der Waals surface area contributed by atoms with Crippen molar-refractivity contribution in [3.8, 4) is 0 Å². The average molecular weight is 243 g/mol. The molecule has 0 saturated carbocycles. The third-order valence-electron chi connectivity index (χ3n) is 3.22. The van der Waals surface area contributed by atoms with Gasteiger partial charge in [0, 0.05) is 31.4 Å². The Balaban J connectivity index is 1.99. The zero-order valence-electron chi connectivity index (χ0n) is 11.4. The molecule has 0 spiro atoms. The molecular weight excluding hydrogens is 222 g/mol. The van der Waals surface area contributed by atoms with E-state index in [1.165, 1.54) is 16.8 Å². The van der Waals surface area contributed by atoms with Crippen LogP contribution in [0.5, 0.6) is 0 Å². The van der Waals surface area contributed by atoms with E-state index in [4.69, 9.17) is 0 Å². The number of rotatable bonds is 5. The Labute approximate surface area is 109 Å². The molecule has 0 amide bonds. The summed E-state index contributed by atoms with van der Waals surface area (Å²) >= 11 is 0. The number of nitrogens with one attached hydrogen (secondary N) is 1. The first kappa shape index (κ1) is 12.8. The number of aryl methyl sites for hydroxylation is 2. The van der Waals surface area contributed by atoms with E-state index in [2.05, 4.69) is 54.7 Å². The van der Waals surface area contributed by atoms with Gasteiger partial charge in [-0.15, -0.1) is 0 Å². The summed E-state index contributed by atoms with van der Waals surface area (Å²) in [7, 11) is 1.98. The maximum Gasteiger partial charge on any atom is 0.0666 e. The summed E-state index contributed by atoms with van der Waals surface area (Å²) in [6.07, 6.45) is 3.08. The minimum absolute atomic E-state index is 0.358. The third-order valence-corrected chi connectivity index (χ3v) is 3.22. The maximum atomic E-state index is 4.46. The van der Waals surface area contributed by atoms with Crippen LogP contribution in [0.1, 0.15) is 36.7 Å². The SMILES string of the molecule is CCc1nn(C)cc1CNC(C)c1ccccc1. The molecule has 1 heterocycles. The minimum Gasteiger partial charge on any atom is -0.306 e. The number of benzene rings is 1. The highest BCUT2D eigenvalue weighted by atomic mass is 15.3. The Kier molecular flexibility index (Phi) is 4.15. The van der Waals surface area contributed by atoms with Gasteiger partial charge in [-0.3, -0.25) is 4.68 Å². The predicted molar refractivity (Wildman–Crippen MR) is 74.3 cm³/mol. The number of hydrogen-bond donors (Lipinski definition) is 1. The monoisotopic (exact) mass is 243 g/mol. The summed E-state index contributed by atoms with van der Waals surface area (Å²) in [5, 5.41) is 8.01. The van der Waals surface area contributed by atoms with Crippen LogP contribution < -0.4 is 5.32 Å². The predicted octanol–water partition coefficient (Wildman–Crippen LogP) is 2.83. The highest BCUT2D eigenvalue weighted by Crippen LogP contribution is 2.13. The fourth-order valence-corrected chi connectivity index (χ4v) is 2.15. The van der Waals surface area contributed by atoms with Gasteiger partial charge in [0.1, 0.15) is 0 Å². The fraction of sp³-hybridized carbons (Fsp3) is 0.400. The van der Waals surface area contributed by atoms with Gasteiger partial charge in [-0.25, -0.2) is 0 Å². The second-order valence-electron chi connectivity index (χ2n) is 4.64. The Morgan fingerprint density at radius 1 is 1.28 bits per heavy atom. The van der Waals surface area contributed by atoms with E-state index < -0.39 is 0 Å². The van der Waals surface area contributed by atoms with Gasteiger partial charge in [-0.1, -0.05) is 37.3 Å². The van der Waals surface area contributed by atoms with Crippen LogP contribution in [0.2, 0.25) is 0 Å². The molecule has 1 aromatic heterocycles. The molecule has 3 heteroatoms. The van der Waals surface area contributed by atoms with Crippen molar-refractivity contribution in [2.75, 3.05) is 0 Å². The second kappa shape index (κ2) is 5.83. The van der Waals surface area contributed by atoms with E-state index >= 15 is 0 Å². The molecule has 0 aliphatic heterocycles. The van der Waals surface area contributed by atoms with Gasteiger partial charge in [0.25, 0.3) is 0 Å². The van der Waals surface area contributed by atoms with E-state index in [0.717, 1.165) is 13.0 Å². The lowest BCUT2D eigenvalue weighted by atomic mass is 10.1. The lowest BCUT2D eigenvalue weighted by Crippen LogP contribution is -2.18. The van der Waals surface area contributed by atoms with Crippen molar-refractivity contribution >= 4 is 0 Å². The number of aromatic nitrogens is 2. The van der Waals surface area contributed by atoms with Crippen molar-refractivity contribution < 1.29 is 0 Å². The molecule has 1 N–H and O–H groups in total. The first-order valence-electron chi connectivity index (χ1n) is 6.50. The third kappa shape index (κ3) is 2.99. The van der Waals surface area contributed by atoms with Gasteiger partial charge in [-0.05, 0) is 18.9 Å². The number of nitrogens with zero attached hydrogens (tertiary/aromatic N) is 2. The second-order valence-corrected chi connectivity index (χ2v) is 4.64. The Morgan fingerprint density at radius 3 is 2.67 bits per heavy atom. The quantitative estimate of drug-likeness (QED) is 0.875. The largest absolute Gasteiger partial charge is 0.306 e. The van der Waals surface area contributed by atoms with Gasteiger partial charge in [-0.2, -0.15) is 5.10 Å². The summed E-state index contributed by atoms with van der Waals surface area (Å²) in [4.78, 5) is 0. The van der Waals surface area contributed by atoms with E-state index in [-0.39, 0.29) is 0 Å². The standard InChI is InChI=1S/C15H21N3/c1-4-15-14(11-18(3)17-15)10-16-12(2)13-8-6-5-7-9-13/h5-9,11-12,16H,4,10H2,1-3H3. The van der Waals surface area contributed by atoms with Crippen LogP contribution in [0.25, 0.3) is 0 Å². The summed E-state index contributed by atoms with van der Waals surface area (Å²) in [5.41, 5.74) is 3.80. The van der Waals surface area contributed by atoms with E-state index in [9.17, 15) is 0 Å². The zero-order valence-corrected chi connectivity index (χ0v) is 11.4. The van der Waals surface area contributed by atoms with Crippen molar-refractivity contribution in [3.05, 3.63) is 53.3 Å². The van der Waals surface area contributed by atoms with Crippen LogP contribution in [0, 0.1) is 0 Å². The molecule has 2 rings (SSSR count). The van der Waals surface area contributed by atoms with Gasteiger partial charge < -0.3 is 5.32 Å². The van der Waals surface area contributed by atoms with E-state index in [1.807, 2.05) is 17.8 Å². The molecule has 96 valence electrons. The lowest BCUT2D eigenvalue weighted by Gasteiger charge is -2.13. The minimum atomic E-state index is 0.358. The molecule has 3 nitrogen and oxygen atoms in total. The molecule has 0 aliphatic carbocycles. The van der Waals surface area contributed by atoms with Crippen LogP contribution in [-0.4, -0.2) is 9.78 Å². The molecule has 0 saturated heterocycles. The van der Waals surface area contributed by atoms with Crippen LogP contribution in [0.4, 0.5) is 0 Å². The first-order valence-corrected chi connectivity index (χ1v) is 6.50. The molecule has 0 radical (unpaired) electrons. The number of hydrogen-bond acceptors (Lipinski definition) is 2. The molecule has 0 fully saturated rings. The van der Waals surface area contributed by atoms with Gasteiger partial charge in [0.15, 0.2) is 0 Å². The summed E-state index contributed by atoms with van der Waals surface area (Å²) in [6, 6.07) is 10.9. The Hall–Kier alpha value is -1.61. The van der Waals surface area contributed by atoms with Crippen molar-refractivity contribution in [2.24, 2.45) is 7.05 Å². The smallest absolute Gasteiger partial charge is 0.0666 e. The molecule has 0 bridgehead atoms. The van der Waals surface area contributed by atoms with E-state index in [1.54, 1.807) is 0 Å². The van der Waals surface area contributed by atoms with Crippen molar-refractivity contribution in [1.82, 2.24) is 15.1 Å². The molecule has 18 heavy (non-hydrogen) atoms. The van der Waals surface area contributed by atoms with Crippen LogP contribution >= 0.6 is 0 Å². The zero-order chi connectivity index (χ0) is 13.0. The average Bonchev–Trinajstić information content (AvgIpc) is 2.77. The van der Waals surface area contributed by atoms with Crippen molar-refractivity contribution in [3.63, 3.8) is 0 Å². The van der Waals surface area contributed by atoms with E-state index in [0.29, 0.717) is 6.04 Å². The van der Waals surface area contributed by atoms with Gasteiger partial charge in [0.2, 0.25) is 0 Å². The van der Waals surface area contributed by atoms with Crippen LogP contribution in [0.15, 0.2) is 36.5 Å².